The molecule has 1 atom stereocenters. The molecule has 0 N–H and O–H groups in total. The number of fused-ring (bicyclic) bond motifs is 1. The van der Waals surface area contributed by atoms with Crippen molar-refractivity contribution < 1.29 is 9.53 Å². The van der Waals surface area contributed by atoms with Crippen LogP contribution in [0.4, 0.5) is 4.79 Å². The largest absolute Gasteiger partial charge is 0.453 e. The number of rotatable bonds is 3. The molecule has 0 aromatic heterocycles. The number of hydrogen-bond donors (Lipinski definition) is 0. The smallest absolute Gasteiger partial charge is 0.409 e. The van der Waals surface area contributed by atoms with Gasteiger partial charge in [0.2, 0.25) is 0 Å². The maximum atomic E-state index is 12.1. The standard InChI is InChI=1S/C23H38N2O2/c1-22(2,3)12-15-25-16-13-23(14-17-25)11-10-20(24(4)21(26)27-5)18-8-6-7-9-19(18)23/h7,9,20H,6,8,10-17H2,1-5H3/t20-/m0/s1. The summed E-state index contributed by atoms with van der Waals surface area (Å²) >= 11 is 0. The Kier molecular flexibility index (Phi) is 6.05. The highest BCUT2D eigenvalue weighted by molar-refractivity contribution is 5.68. The Balaban J connectivity index is 1.74. The Hall–Kier alpha value is -1.29. The average Bonchev–Trinajstić information content (AvgIpc) is 2.66. The van der Waals surface area contributed by atoms with Crippen molar-refractivity contribution in [1.82, 2.24) is 9.80 Å². The van der Waals surface area contributed by atoms with Gasteiger partial charge < -0.3 is 14.5 Å². The van der Waals surface area contributed by atoms with Gasteiger partial charge in [-0.15, -0.1) is 0 Å². The zero-order valence-corrected chi connectivity index (χ0v) is 18.0. The number of allylic oxidation sites excluding steroid dienone is 3. The maximum absolute atomic E-state index is 12.1. The van der Waals surface area contributed by atoms with Gasteiger partial charge >= 0.3 is 6.09 Å². The van der Waals surface area contributed by atoms with Gasteiger partial charge in [0, 0.05) is 7.05 Å². The van der Waals surface area contributed by atoms with E-state index in [4.69, 9.17) is 4.74 Å². The Bertz CT molecular complexity index is 606. The van der Waals surface area contributed by atoms with Gasteiger partial charge in [-0.05, 0) is 86.6 Å². The summed E-state index contributed by atoms with van der Waals surface area (Å²) in [5.74, 6) is 0. The average molecular weight is 375 g/mol. The van der Waals surface area contributed by atoms with Gasteiger partial charge in [0.15, 0.2) is 0 Å². The Morgan fingerprint density at radius 2 is 2.00 bits per heavy atom. The minimum Gasteiger partial charge on any atom is -0.453 e. The number of likely N-dealkylation sites (N-methyl/N-ethyl adjacent to an activating group) is 1. The van der Waals surface area contributed by atoms with E-state index >= 15 is 0 Å². The van der Waals surface area contributed by atoms with E-state index in [2.05, 4.69) is 37.8 Å². The van der Waals surface area contributed by atoms with E-state index in [9.17, 15) is 4.79 Å². The van der Waals surface area contributed by atoms with Crippen molar-refractivity contribution in [3.63, 3.8) is 0 Å². The van der Waals surface area contributed by atoms with E-state index in [1.807, 2.05) is 11.9 Å². The second-order valence-electron chi connectivity index (χ2n) is 9.95. The summed E-state index contributed by atoms with van der Waals surface area (Å²) in [6.45, 7) is 10.6. The minimum atomic E-state index is -0.214. The molecule has 0 unspecified atom stereocenters. The topological polar surface area (TPSA) is 32.8 Å². The number of piperidine rings is 1. The first-order valence-electron chi connectivity index (χ1n) is 10.7. The molecular weight excluding hydrogens is 336 g/mol. The molecule has 4 heteroatoms. The van der Waals surface area contributed by atoms with Crippen LogP contribution >= 0.6 is 0 Å². The predicted octanol–water partition coefficient (Wildman–Crippen LogP) is 5.01. The fourth-order valence-corrected chi connectivity index (χ4v) is 5.18. The van der Waals surface area contributed by atoms with Crippen molar-refractivity contribution >= 4 is 6.09 Å². The van der Waals surface area contributed by atoms with E-state index in [0.29, 0.717) is 10.8 Å². The molecule has 1 saturated heterocycles. The third kappa shape index (κ3) is 4.42. The molecule has 0 saturated carbocycles. The molecule has 2 aliphatic carbocycles. The van der Waals surface area contributed by atoms with Gasteiger partial charge in [0.05, 0.1) is 13.2 Å². The van der Waals surface area contributed by atoms with E-state index in [1.165, 1.54) is 58.0 Å². The van der Waals surface area contributed by atoms with Gasteiger partial charge in [-0.25, -0.2) is 4.79 Å². The molecule has 3 rings (SSSR count). The second kappa shape index (κ2) is 7.98. The van der Waals surface area contributed by atoms with Crippen molar-refractivity contribution in [3.05, 3.63) is 23.3 Å². The van der Waals surface area contributed by atoms with Crippen LogP contribution in [0.15, 0.2) is 23.3 Å². The quantitative estimate of drug-likeness (QED) is 0.696. The Labute approximate surface area is 165 Å². The maximum Gasteiger partial charge on any atom is 0.409 e. The van der Waals surface area contributed by atoms with Crippen LogP contribution in [-0.4, -0.2) is 55.7 Å². The summed E-state index contributed by atoms with van der Waals surface area (Å²) in [6, 6.07) is 0.210. The molecule has 1 heterocycles. The molecule has 0 aromatic rings. The number of likely N-dealkylation sites (tertiary alicyclic amines) is 1. The van der Waals surface area contributed by atoms with Crippen LogP contribution in [-0.2, 0) is 4.74 Å². The molecule has 27 heavy (non-hydrogen) atoms. The van der Waals surface area contributed by atoms with E-state index < -0.39 is 0 Å². The molecule has 0 bridgehead atoms. The van der Waals surface area contributed by atoms with Crippen molar-refractivity contribution in [2.75, 3.05) is 33.8 Å². The number of ether oxygens (including phenoxy) is 1. The van der Waals surface area contributed by atoms with Gasteiger partial charge in [-0.1, -0.05) is 32.9 Å². The van der Waals surface area contributed by atoms with E-state index in [0.717, 1.165) is 19.3 Å². The SMILES string of the molecule is COC(=O)N(C)[C@H]1CCC2(CCN(CCC(C)(C)C)CC2)C2=C1CCC=C2. The van der Waals surface area contributed by atoms with Crippen LogP contribution in [0.3, 0.4) is 0 Å². The summed E-state index contributed by atoms with van der Waals surface area (Å²) in [4.78, 5) is 16.6. The molecule has 1 aliphatic heterocycles. The first-order valence-corrected chi connectivity index (χ1v) is 10.7. The van der Waals surface area contributed by atoms with Crippen LogP contribution in [0.1, 0.15) is 65.7 Å². The summed E-state index contributed by atoms with van der Waals surface area (Å²) in [5, 5.41) is 0. The Morgan fingerprint density at radius 3 is 2.63 bits per heavy atom. The highest BCUT2D eigenvalue weighted by Crippen LogP contribution is 2.51. The van der Waals surface area contributed by atoms with Crippen molar-refractivity contribution in [2.24, 2.45) is 10.8 Å². The fourth-order valence-electron chi connectivity index (χ4n) is 5.18. The molecule has 0 radical (unpaired) electrons. The fraction of sp³-hybridized carbons (Fsp3) is 0.783. The summed E-state index contributed by atoms with van der Waals surface area (Å²) in [7, 11) is 3.37. The number of carbonyl (C=O) groups excluding carboxylic acids is 1. The lowest BCUT2D eigenvalue weighted by atomic mass is 9.61. The molecular formula is C23H38N2O2. The predicted molar refractivity (Wildman–Crippen MR) is 111 cm³/mol. The van der Waals surface area contributed by atoms with E-state index in [-0.39, 0.29) is 12.1 Å². The zero-order chi connectivity index (χ0) is 19.7. The molecule has 1 fully saturated rings. The van der Waals surface area contributed by atoms with E-state index in [1.54, 1.807) is 5.57 Å². The van der Waals surface area contributed by atoms with Crippen LogP contribution in [0, 0.1) is 10.8 Å². The second-order valence-corrected chi connectivity index (χ2v) is 9.95. The summed E-state index contributed by atoms with van der Waals surface area (Å²) in [5.41, 5.74) is 3.79. The molecule has 152 valence electrons. The first kappa shape index (κ1) is 20.4. The van der Waals surface area contributed by atoms with Crippen molar-refractivity contribution in [1.29, 1.82) is 0 Å². The Morgan fingerprint density at radius 1 is 1.30 bits per heavy atom. The van der Waals surface area contributed by atoms with Gasteiger partial charge in [-0.2, -0.15) is 0 Å². The lowest BCUT2D eigenvalue weighted by Gasteiger charge is -2.50. The molecule has 1 amide bonds. The van der Waals surface area contributed by atoms with Crippen molar-refractivity contribution in [3.8, 4) is 0 Å². The minimum absolute atomic E-state index is 0.210. The summed E-state index contributed by atoms with van der Waals surface area (Å²) in [6.07, 6.45) is 12.7. The highest BCUT2D eigenvalue weighted by Gasteiger charge is 2.44. The van der Waals surface area contributed by atoms with Gasteiger partial charge in [-0.3, -0.25) is 0 Å². The van der Waals surface area contributed by atoms with Gasteiger partial charge in [0.1, 0.15) is 0 Å². The highest BCUT2D eigenvalue weighted by atomic mass is 16.5. The third-order valence-corrected chi connectivity index (χ3v) is 7.00. The molecule has 4 nitrogen and oxygen atoms in total. The first-order chi connectivity index (χ1) is 12.8. The molecule has 0 aromatic carbocycles. The van der Waals surface area contributed by atoms with Crippen LogP contribution < -0.4 is 0 Å². The summed E-state index contributed by atoms with van der Waals surface area (Å²) < 4.78 is 4.99. The van der Waals surface area contributed by atoms with Crippen LogP contribution in [0.2, 0.25) is 0 Å². The number of methoxy groups -OCH3 is 1. The van der Waals surface area contributed by atoms with Crippen LogP contribution in [0.5, 0.6) is 0 Å². The van der Waals surface area contributed by atoms with Crippen molar-refractivity contribution in [2.45, 2.75) is 71.8 Å². The number of nitrogens with zero attached hydrogens (tertiary/aromatic N) is 2. The molecule has 1 spiro atoms. The number of hydrogen-bond acceptors (Lipinski definition) is 3. The number of amides is 1. The van der Waals surface area contributed by atoms with Gasteiger partial charge in [0.25, 0.3) is 0 Å². The monoisotopic (exact) mass is 374 g/mol. The lowest BCUT2D eigenvalue weighted by molar-refractivity contribution is 0.0860. The normalized spacial score (nSPS) is 25.4. The molecule has 3 aliphatic rings. The lowest BCUT2D eigenvalue weighted by Crippen LogP contribution is -2.48. The van der Waals surface area contributed by atoms with Crippen LogP contribution in [0.25, 0.3) is 0 Å². The zero-order valence-electron chi connectivity index (χ0n) is 18.0. The third-order valence-electron chi connectivity index (χ3n) is 7.00. The number of carbonyl (C=O) groups is 1.